The molecule has 0 unspecified atom stereocenters. The second kappa shape index (κ2) is 5.68. The van der Waals surface area contributed by atoms with Crippen LogP contribution in [0.2, 0.25) is 0 Å². The lowest BCUT2D eigenvalue weighted by Crippen LogP contribution is -2.14. The molecule has 0 aromatic carbocycles. The molecule has 0 saturated carbocycles. The van der Waals surface area contributed by atoms with Gasteiger partial charge in [0.25, 0.3) is 5.91 Å². The smallest absolute Gasteiger partial charge is 0.269 e. The van der Waals surface area contributed by atoms with Crippen LogP contribution < -0.4 is 10.6 Å². The third-order valence-electron chi connectivity index (χ3n) is 1.01. The molecule has 1 aromatic rings. The molecule has 12 heavy (non-hydrogen) atoms. The summed E-state index contributed by atoms with van der Waals surface area (Å²) in [5.74, 6) is -0.559. The van der Waals surface area contributed by atoms with Gasteiger partial charge in [-0.15, -0.1) is 34.8 Å². The molecule has 1 rings (SSSR count). The minimum Gasteiger partial charge on any atom is -0.400 e. The SMILES string of the molecule is COn1ccc(C(N)=O)n1.Cl.Cl. The number of hydrogen-bond acceptors (Lipinski definition) is 3. The quantitative estimate of drug-likeness (QED) is 0.746. The van der Waals surface area contributed by atoms with Crippen molar-refractivity contribution in [1.29, 1.82) is 0 Å². The molecule has 0 radical (unpaired) electrons. The van der Waals surface area contributed by atoms with Gasteiger partial charge >= 0.3 is 0 Å². The van der Waals surface area contributed by atoms with Crippen LogP contribution in [0.15, 0.2) is 12.3 Å². The van der Waals surface area contributed by atoms with Gasteiger partial charge < -0.3 is 10.6 Å². The Morgan fingerprint density at radius 3 is 2.50 bits per heavy atom. The van der Waals surface area contributed by atoms with E-state index in [1.165, 1.54) is 19.4 Å². The first-order chi connectivity index (χ1) is 4.74. The van der Waals surface area contributed by atoms with Crippen LogP contribution in [0.5, 0.6) is 0 Å². The maximum Gasteiger partial charge on any atom is 0.269 e. The lowest BCUT2D eigenvalue weighted by Gasteiger charge is -1.93. The summed E-state index contributed by atoms with van der Waals surface area (Å²) in [7, 11) is 1.44. The third-order valence-corrected chi connectivity index (χ3v) is 1.01. The van der Waals surface area contributed by atoms with Crippen LogP contribution in [-0.4, -0.2) is 23.0 Å². The number of hydrogen-bond donors (Lipinski definition) is 1. The van der Waals surface area contributed by atoms with Gasteiger partial charge in [0, 0.05) is 0 Å². The Kier molecular flexibility index (Phi) is 6.45. The number of amides is 1. The highest BCUT2D eigenvalue weighted by Gasteiger charge is 2.02. The number of primary amides is 1. The van der Waals surface area contributed by atoms with E-state index in [9.17, 15) is 4.79 Å². The standard InChI is InChI=1S/C5H7N3O2.2ClH/c1-10-8-3-2-4(7-8)5(6)9;;/h2-3H,1H3,(H2,6,9);2*1H. The number of aromatic nitrogens is 2. The van der Waals surface area contributed by atoms with Crippen molar-refractivity contribution < 1.29 is 9.63 Å². The average Bonchev–Trinajstić information content (AvgIpc) is 2.34. The van der Waals surface area contributed by atoms with Crippen LogP contribution in [0.25, 0.3) is 0 Å². The van der Waals surface area contributed by atoms with E-state index >= 15 is 0 Å². The van der Waals surface area contributed by atoms with E-state index in [1.807, 2.05) is 0 Å². The summed E-state index contributed by atoms with van der Waals surface area (Å²) in [5.41, 5.74) is 5.11. The molecule has 2 N–H and O–H groups in total. The van der Waals surface area contributed by atoms with Gasteiger partial charge in [0.1, 0.15) is 7.11 Å². The molecule has 0 atom stereocenters. The lowest BCUT2D eigenvalue weighted by molar-refractivity contribution is 0.0978. The molecular weight excluding hydrogens is 205 g/mol. The van der Waals surface area contributed by atoms with E-state index in [2.05, 4.69) is 9.94 Å². The molecule has 1 aromatic heterocycles. The van der Waals surface area contributed by atoms with Gasteiger partial charge in [-0.3, -0.25) is 4.79 Å². The predicted octanol–water partition coefficient (Wildman–Crippen LogP) is -0.116. The summed E-state index contributed by atoms with van der Waals surface area (Å²) in [6.45, 7) is 0. The van der Waals surface area contributed by atoms with E-state index in [-0.39, 0.29) is 30.5 Å². The monoisotopic (exact) mass is 213 g/mol. The predicted molar refractivity (Wildman–Crippen MR) is 47.7 cm³/mol. The number of halogens is 2. The second-order valence-corrected chi connectivity index (χ2v) is 1.65. The molecule has 0 aliphatic rings. The van der Waals surface area contributed by atoms with E-state index in [4.69, 9.17) is 5.73 Å². The number of rotatable bonds is 2. The van der Waals surface area contributed by atoms with Crippen molar-refractivity contribution in [3.05, 3.63) is 18.0 Å². The van der Waals surface area contributed by atoms with Crippen molar-refractivity contribution >= 4 is 30.7 Å². The largest absolute Gasteiger partial charge is 0.400 e. The van der Waals surface area contributed by atoms with Crippen LogP contribution in [0.3, 0.4) is 0 Å². The highest BCUT2D eigenvalue weighted by atomic mass is 35.5. The van der Waals surface area contributed by atoms with Gasteiger partial charge in [-0.05, 0) is 6.07 Å². The Balaban J connectivity index is 0. The number of carbonyl (C=O) groups excluding carboxylic acids is 1. The zero-order valence-corrected chi connectivity index (χ0v) is 7.89. The fraction of sp³-hybridized carbons (Fsp3) is 0.200. The summed E-state index contributed by atoms with van der Waals surface area (Å²) in [5, 5.41) is 3.65. The Hall–Kier alpha value is -0.940. The summed E-state index contributed by atoms with van der Waals surface area (Å²) in [4.78, 5) is 16.2. The first-order valence-electron chi connectivity index (χ1n) is 2.64. The van der Waals surface area contributed by atoms with E-state index in [0.29, 0.717) is 0 Å². The van der Waals surface area contributed by atoms with Gasteiger partial charge in [-0.2, -0.15) is 0 Å². The molecule has 5 nitrogen and oxygen atoms in total. The second-order valence-electron chi connectivity index (χ2n) is 1.65. The van der Waals surface area contributed by atoms with Crippen LogP contribution in [0, 0.1) is 0 Å². The maximum atomic E-state index is 10.4. The van der Waals surface area contributed by atoms with Gasteiger partial charge in [0.15, 0.2) is 5.69 Å². The van der Waals surface area contributed by atoms with Crippen molar-refractivity contribution in [2.24, 2.45) is 5.73 Å². The van der Waals surface area contributed by atoms with Crippen LogP contribution in [0.1, 0.15) is 10.5 Å². The molecule has 0 saturated heterocycles. The minimum atomic E-state index is -0.559. The van der Waals surface area contributed by atoms with Crippen LogP contribution in [0.4, 0.5) is 0 Å². The Labute approximate surface area is 81.6 Å². The van der Waals surface area contributed by atoms with Crippen molar-refractivity contribution in [2.75, 3.05) is 7.11 Å². The van der Waals surface area contributed by atoms with Crippen LogP contribution in [-0.2, 0) is 0 Å². The van der Waals surface area contributed by atoms with Crippen molar-refractivity contribution in [3.8, 4) is 0 Å². The topological polar surface area (TPSA) is 70.1 Å². The number of nitrogens with two attached hydrogens (primary N) is 1. The first-order valence-corrected chi connectivity index (χ1v) is 2.64. The molecule has 0 bridgehead atoms. The molecule has 1 heterocycles. The van der Waals surface area contributed by atoms with Gasteiger partial charge in [0.2, 0.25) is 0 Å². The minimum absolute atomic E-state index is 0. The van der Waals surface area contributed by atoms with Gasteiger partial charge in [-0.1, -0.05) is 0 Å². The molecular formula is C5H9Cl2N3O2. The van der Waals surface area contributed by atoms with Crippen molar-refractivity contribution in [3.63, 3.8) is 0 Å². The molecule has 0 aliphatic heterocycles. The van der Waals surface area contributed by atoms with Gasteiger partial charge in [-0.25, -0.2) is 0 Å². The van der Waals surface area contributed by atoms with E-state index in [0.717, 1.165) is 4.85 Å². The summed E-state index contributed by atoms with van der Waals surface area (Å²) in [6.07, 6.45) is 1.50. The lowest BCUT2D eigenvalue weighted by atomic mass is 10.4. The molecule has 1 amide bonds. The molecule has 7 heteroatoms. The normalized spacial score (nSPS) is 7.75. The number of carbonyl (C=O) groups is 1. The average molecular weight is 214 g/mol. The fourth-order valence-electron chi connectivity index (χ4n) is 0.540. The molecule has 0 fully saturated rings. The zero-order chi connectivity index (χ0) is 7.56. The summed E-state index contributed by atoms with van der Waals surface area (Å²) < 4.78 is 0. The highest BCUT2D eigenvalue weighted by Crippen LogP contribution is 1.90. The zero-order valence-electron chi connectivity index (χ0n) is 6.26. The first kappa shape index (κ1) is 13.6. The molecule has 70 valence electrons. The van der Waals surface area contributed by atoms with E-state index < -0.39 is 5.91 Å². The summed E-state index contributed by atoms with van der Waals surface area (Å²) >= 11 is 0. The Morgan fingerprint density at radius 1 is 1.67 bits per heavy atom. The third kappa shape index (κ3) is 2.98. The van der Waals surface area contributed by atoms with Crippen molar-refractivity contribution in [2.45, 2.75) is 0 Å². The Bertz CT molecular complexity index is 251. The van der Waals surface area contributed by atoms with E-state index in [1.54, 1.807) is 0 Å². The maximum absolute atomic E-state index is 10.4. The summed E-state index contributed by atoms with van der Waals surface area (Å²) in [6, 6.07) is 1.48. The molecule has 0 aliphatic carbocycles. The fourth-order valence-corrected chi connectivity index (χ4v) is 0.540. The highest BCUT2D eigenvalue weighted by molar-refractivity contribution is 5.90. The van der Waals surface area contributed by atoms with Gasteiger partial charge in [0.05, 0.1) is 6.20 Å². The number of nitrogens with zero attached hydrogens (tertiary/aromatic N) is 2. The van der Waals surface area contributed by atoms with Crippen molar-refractivity contribution in [1.82, 2.24) is 9.94 Å². The molecule has 0 spiro atoms. The Morgan fingerprint density at radius 2 is 2.25 bits per heavy atom. The van der Waals surface area contributed by atoms with Crippen LogP contribution >= 0.6 is 24.8 Å².